The fourth-order valence-electron chi connectivity index (χ4n) is 2.02. The van der Waals surface area contributed by atoms with E-state index in [9.17, 15) is 0 Å². The van der Waals surface area contributed by atoms with Crippen molar-refractivity contribution < 1.29 is 4.74 Å². The molecule has 1 aliphatic carbocycles. The Morgan fingerprint density at radius 2 is 2.27 bits per heavy atom. The highest BCUT2D eigenvalue weighted by Gasteiger charge is 2.19. The second-order valence-electron chi connectivity index (χ2n) is 4.06. The zero-order valence-corrected chi connectivity index (χ0v) is 9.29. The highest BCUT2D eigenvalue weighted by atomic mass is 16.5. The maximum absolute atomic E-state index is 5.69. The van der Waals surface area contributed by atoms with Crippen LogP contribution in [-0.4, -0.2) is 13.7 Å². The van der Waals surface area contributed by atoms with E-state index in [0.717, 1.165) is 12.2 Å². The Kier molecular flexibility index (Phi) is 2.78. The van der Waals surface area contributed by atoms with Crippen molar-refractivity contribution in [1.82, 2.24) is 0 Å². The highest BCUT2D eigenvalue weighted by Crippen LogP contribution is 2.34. The summed E-state index contributed by atoms with van der Waals surface area (Å²) in [6.45, 7) is 2.88. The third-order valence-electron chi connectivity index (χ3n) is 3.10. The quantitative estimate of drug-likeness (QED) is 0.817. The topological polar surface area (TPSA) is 35.2 Å². The van der Waals surface area contributed by atoms with Crippen molar-refractivity contribution in [2.24, 2.45) is 11.7 Å². The zero-order valence-electron chi connectivity index (χ0n) is 9.29. The second kappa shape index (κ2) is 4.07. The van der Waals surface area contributed by atoms with Crippen LogP contribution in [0.4, 0.5) is 0 Å². The lowest BCUT2D eigenvalue weighted by Gasteiger charge is -2.10. The summed E-state index contributed by atoms with van der Waals surface area (Å²) in [5.74, 6) is 1.45. The lowest BCUT2D eigenvalue weighted by atomic mass is 9.99. The molecule has 0 spiro atoms. The average Bonchev–Trinajstić information content (AvgIpc) is 2.71. The largest absolute Gasteiger partial charge is 0.496 e. The molecule has 15 heavy (non-hydrogen) atoms. The van der Waals surface area contributed by atoms with E-state index in [1.54, 1.807) is 7.11 Å². The molecular weight excluding hydrogens is 186 g/mol. The lowest BCUT2D eigenvalue weighted by molar-refractivity contribution is 0.410. The van der Waals surface area contributed by atoms with Crippen LogP contribution in [0.5, 0.6) is 5.75 Å². The van der Waals surface area contributed by atoms with Crippen LogP contribution in [0.1, 0.15) is 18.1 Å². The fourth-order valence-corrected chi connectivity index (χ4v) is 2.02. The van der Waals surface area contributed by atoms with E-state index in [1.165, 1.54) is 16.7 Å². The summed E-state index contributed by atoms with van der Waals surface area (Å²) in [7, 11) is 1.72. The van der Waals surface area contributed by atoms with Gasteiger partial charge in [-0.25, -0.2) is 0 Å². The molecule has 2 nitrogen and oxygen atoms in total. The molecule has 0 bridgehead atoms. The number of methoxy groups -OCH3 is 1. The Morgan fingerprint density at radius 3 is 2.93 bits per heavy atom. The standard InChI is InChI=1S/C13H17NO/c1-9(8-14)11-6-10-4-3-5-13(15-2)12(10)7-11/h3-6,9H,7-8,14H2,1-2H3. The molecule has 1 atom stereocenters. The summed E-state index contributed by atoms with van der Waals surface area (Å²) < 4.78 is 5.35. The number of nitrogens with two attached hydrogens (primary N) is 1. The molecule has 0 saturated carbocycles. The monoisotopic (exact) mass is 203 g/mol. The van der Waals surface area contributed by atoms with Gasteiger partial charge in [0.15, 0.2) is 0 Å². The molecule has 0 aromatic heterocycles. The van der Waals surface area contributed by atoms with E-state index >= 15 is 0 Å². The molecule has 0 saturated heterocycles. The molecule has 0 radical (unpaired) electrons. The van der Waals surface area contributed by atoms with Gasteiger partial charge in [-0.1, -0.05) is 30.7 Å². The van der Waals surface area contributed by atoms with Gasteiger partial charge in [-0.05, 0) is 30.5 Å². The molecule has 1 aromatic rings. The Morgan fingerprint density at radius 1 is 1.47 bits per heavy atom. The van der Waals surface area contributed by atoms with Crippen LogP contribution in [0.15, 0.2) is 23.8 Å². The first-order valence-corrected chi connectivity index (χ1v) is 5.32. The molecule has 0 amide bonds. The Hall–Kier alpha value is -1.28. The van der Waals surface area contributed by atoms with Crippen LogP contribution in [0.25, 0.3) is 6.08 Å². The van der Waals surface area contributed by atoms with Gasteiger partial charge in [0.05, 0.1) is 7.11 Å². The van der Waals surface area contributed by atoms with Gasteiger partial charge in [0.1, 0.15) is 5.75 Å². The van der Waals surface area contributed by atoms with E-state index < -0.39 is 0 Å². The van der Waals surface area contributed by atoms with Gasteiger partial charge in [-0.3, -0.25) is 0 Å². The SMILES string of the molecule is COc1cccc2c1CC(C(C)CN)=C2. The first kappa shape index (κ1) is 10.2. The zero-order chi connectivity index (χ0) is 10.8. The molecule has 80 valence electrons. The average molecular weight is 203 g/mol. The predicted molar refractivity (Wildman–Crippen MR) is 62.9 cm³/mol. The molecule has 1 aliphatic rings. The summed E-state index contributed by atoms with van der Waals surface area (Å²) in [6, 6.07) is 6.18. The first-order valence-electron chi connectivity index (χ1n) is 5.32. The molecule has 2 heteroatoms. The van der Waals surface area contributed by atoms with Crippen LogP contribution in [-0.2, 0) is 6.42 Å². The lowest BCUT2D eigenvalue weighted by Crippen LogP contribution is -2.13. The molecule has 2 N–H and O–H groups in total. The molecule has 2 rings (SSSR count). The van der Waals surface area contributed by atoms with Gasteiger partial charge in [-0.2, -0.15) is 0 Å². The van der Waals surface area contributed by atoms with Gasteiger partial charge >= 0.3 is 0 Å². The van der Waals surface area contributed by atoms with E-state index in [-0.39, 0.29) is 0 Å². The fraction of sp³-hybridized carbons (Fsp3) is 0.385. The van der Waals surface area contributed by atoms with E-state index in [1.807, 2.05) is 12.1 Å². The molecular formula is C13H17NO. The minimum atomic E-state index is 0.460. The molecule has 1 unspecified atom stereocenters. The number of ether oxygens (including phenoxy) is 1. The van der Waals surface area contributed by atoms with E-state index in [0.29, 0.717) is 12.5 Å². The summed E-state index contributed by atoms with van der Waals surface area (Å²) in [4.78, 5) is 0. The normalized spacial score (nSPS) is 15.8. The summed E-state index contributed by atoms with van der Waals surface area (Å²) in [5.41, 5.74) is 9.68. The van der Waals surface area contributed by atoms with Crippen molar-refractivity contribution in [1.29, 1.82) is 0 Å². The first-order chi connectivity index (χ1) is 7.26. The number of rotatable bonds is 3. The van der Waals surface area contributed by atoms with Crippen LogP contribution >= 0.6 is 0 Å². The van der Waals surface area contributed by atoms with Crippen LogP contribution in [0.3, 0.4) is 0 Å². The highest BCUT2D eigenvalue weighted by molar-refractivity contribution is 5.67. The van der Waals surface area contributed by atoms with Crippen molar-refractivity contribution in [3.05, 3.63) is 34.9 Å². The summed E-state index contributed by atoms with van der Waals surface area (Å²) in [5, 5.41) is 0. The smallest absolute Gasteiger partial charge is 0.122 e. The van der Waals surface area contributed by atoms with Crippen molar-refractivity contribution in [2.45, 2.75) is 13.3 Å². The third kappa shape index (κ3) is 1.77. The molecule has 1 aromatic carbocycles. The van der Waals surface area contributed by atoms with Crippen LogP contribution in [0, 0.1) is 5.92 Å². The van der Waals surface area contributed by atoms with Crippen LogP contribution < -0.4 is 10.5 Å². The molecule has 0 aliphatic heterocycles. The van der Waals surface area contributed by atoms with Gasteiger partial charge in [0.25, 0.3) is 0 Å². The minimum Gasteiger partial charge on any atom is -0.496 e. The summed E-state index contributed by atoms with van der Waals surface area (Å²) in [6.07, 6.45) is 3.23. The van der Waals surface area contributed by atoms with E-state index in [2.05, 4.69) is 19.1 Å². The van der Waals surface area contributed by atoms with Gasteiger partial charge in [-0.15, -0.1) is 0 Å². The van der Waals surface area contributed by atoms with Crippen LogP contribution in [0.2, 0.25) is 0 Å². The number of fused-ring (bicyclic) bond motifs is 1. The predicted octanol–water partition coefficient (Wildman–Crippen LogP) is 2.23. The van der Waals surface area contributed by atoms with Gasteiger partial charge in [0.2, 0.25) is 0 Å². The Balaban J connectivity index is 2.31. The van der Waals surface area contributed by atoms with Crippen molar-refractivity contribution >= 4 is 6.08 Å². The van der Waals surface area contributed by atoms with Crippen molar-refractivity contribution in [2.75, 3.05) is 13.7 Å². The summed E-state index contributed by atoms with van der Waals surface area (Å²) >= 11 is 0. The Bertz CT molecular complexity index is 396. The van der Waals surface area contributed by atoms with Gasteiger partial charge in [0, 0.05) is 5.56 Å². The van der Waals surface area contributed by atoms with E-state index in [4.69, 9.17) is 10.5 Å². The maximum atomic E-state index is 5.69. The van der Waals surface area contributed by atoms with Crippen molar-refractivity contribution in [3.63, 3.8) is 0 Å². The second-order valence-corrected chi connectivity index (χ2v) is 4.06. The number of hydrogen-bond donors (Lipinski definition) is 1. The van der Waals surface area contributed by atoms with Crippen molar-refractivity contribution in [3.8, 4) is 5.75 Å². The number of benzene rings is 1. The third-order valence-corrected chi connectivity index (χ3v) is 3.10. The molecule has 0 heterocycles. The molecule has 0 fully saturated rings. The Labute approximate surface area is 90.7 Å². The van der Waals surface area contributed by atoms with Gasteiger partial charge < -0.3 is 10.5 Å². The maximum Gasteiger partial charge on any atom is 0.122 e. The minimum absolute atomic E-state index is 0.460. The number of hydrogen-bond acceptors (Lipinski definition) is 2.